The van der Waals surface area contributed by atoms with Crippen LogP contribution < -0.4 is 4.74 Å². The van der Waals surface area contributed by atoms with E-state index in [2.05, 4.69) is 4.98 Å². The van der Waals surface area contributed by atoms with E-state index >= 15 is 0 Å². The van der Waals surface area contributed by atoms with Gasteiger partial charge in [-0.2, -0.15) is 0 Å². The Hall–Kier alpha value is -2.90. The minimum absolute atomic E-state index is 0.0668. The molecule has 0 aliphatic carbocycles. The Morgan fingerprint density at radius 1 is 1.17 bits per heavy atom. The molecule has 0 radical (unpaired) electrons. The van der Waals surface area contributed by atoms with Crippen molar-refractivity contribution >= 4 is 40.3 Å². The van der Waals surface area contributed by atoms with Crippen molar-refractivity contribution in [2.24, 2.45) is 0 Å². The summed E-state index contributed by atoms with van der Waals surface area (Å²) in [7, 11) is 1.69. The molecule has 1 amide bonds. The molecule has 0 N–H and O–H groups in total. The SMILES string of the molecule is CN1C(=O)/C(=C/c2ccc(OCCc3coc(-c4ccccc4)n3)cc2)SC1=S. The number of thioether (sulfide) groups is 1. The molecular formula is C22H18N2O3S2. The third-order valence-corrected chi connectivity index (χ3v) is 5.85. The molecule has 0 saturated carbocycles. The van der Waals surface area contributed by atoms with Crippen LogP contribution in [0.25, 0.3) is 17.5 Å². The number of nitrogens with zero attached hydrogens (tertiary/aromatic N) is 2. The van der Waals surface area contributed by atoms with Crippen LogP contribution in [0.4, 0.5) is 0 Å². The Labute approximate surface area is 178 Å². The third-order valence-electron chi connectivity index (χ3n) is 4.36. The predicted molar refractivity (Wildman–Crippen MR) is 119 cm³/mol. The summed E-state index contributed by atoms with van der Waals surface area (Å²) in [5.41, 5.74) is 2.73. The zero-order valence-electron chi connectivity index (χ0n) is 15.7. The van der Waals surface area contributed by atoms with Crippen LogP contribution in [0.3, 0.4) is 0 Å². The second-order valence-electron chi connectivity index (χ2n) is 6.42. The van der Waals surface area contributed by atoms with Crippen LogP contribution in [0, 0.1) is 0 Å². The summed E-state index contributed by atoms with van der Waals surface area (Å²) in [5, 5.41) is 0. The molecule has 3 aromatic rings. The Morgan fingerprint density at radius 2 is 1.93 bits per heavy atom. The van der Waals surface area contributed by atoms with Gasteiger partial charge in [-0.1, -0.05) is 54.3 Å². The topological polar surface area (TPSA) is 55.6 Å². The van der Waals surface area contributed by atoms with Crippen LogP contribution in [0.15, 0.2) is 70.2 Å². The van der Waals surface area contributed by atoms with Gasteiger partial charge in [-0.3, -0.25) is 9.69 Å². The van der Waals surface area contributed by atoms with Crippen molar-refractivity contribution in [1.29, 1.82) is 0 Å². The number of carbonyl (C=O) groups excluding carboxylic acids is 1. The first-order valence-corrected chi connectivity index (χ1v) is 10.3. The van der Waals surface area contributed by atoms with Gasteiger partial charge in [0.2, 0.25) is 5.89 Å². The van der Waals surface area contributed by atoms with E-state index in [1.807, 2.05) is 60.7 Å². The van der Waals surface area contributed by atoms with Gasteiger partial charge in [-0.05, 0) is 35.9 Å². The molecule has 2 aromatic carbocycles. The Balaban J connectivity index is 1.32. The highest BCUT2D eigenvalue weighted by atomic mass is 32.2. The van der Waals surface area contributed by atoms with Crippen molar-refractivity contribution < 1.29 is 13.9 Å². The number of oxazole rings is 1. The number of carbonyl (C=O) groups is 1. The number of hydrogen-bond donors (Lipinski definition) is 0. The molecule has 0 bridgehead atoms. The molecule has 1 fully saturated rings. The van der Waals surface area contributed by atoms with Gasteiger partial charge in [0.05, 0.1) is 17.2 Å². The van der Waals surface area contributed by atoms with E-state index in [1.54, 1.807) is 13.3 Å². The maximum Gasteiger partial charge on any atom is 0.265 e. The van der Waals surface area contributed by atoms with Gasteiger partial charge in [0.1, 0.15) is 16.3 Å². The molecule has 7 heteroatoms. The summed E-state index contributed by atoms with van der Waals surface area (Å²) in [6.45, 7) is 0.495. The number of aromatic nitrogens is 1. The summed E-state index contributed by atoms with van der Waals surface area (Å²) < 4.78 is 11.9. The minimum Gasteiger partial charge on any atom is -0.493 e. The third kappa shape index (κ3) is 4.58. The Bertz CT molecular complexity index is 1060. The highest BCUT2D eigenvalue weighted by Gasteiger charge is 2.28. The van der Waals surface area contributed by atoms with Crippen molar-refractivity contribution in [1.82, 2.24) is 9.88 Å². The van der Waals surface area contributed by atoms with Gasteiger partial charge in [0.25, 0.3) is 5.91 Å². The smallest absolute Gasteiger partial charge is 0.265 e. The second kappa shape index (κ2) is 8.63. The fourth-order valence-electron chi connectivity index (χ4n) is 2.77. The zero-order valence-corrected chi connectivity index (χ0v) is 17.3. The molecule has 0 atom stereocenters. The Kier molecular flexibility index (Phi) is 5.78. The average molecular weight is 423 g/mol. The van der Waals surface area contributed by atoms with E-state index in [9.17, 15) is 4.79 Å². The van der Waals surface area contributed by atoms with Crippen molar-refractivity contribution in [2.45, 2.75) is 6.42 Å². The highest BCUT2D eigenvalue weighted by molar-refractivity contribution is 8.26. The summed E-state index contributed by atoms with van der Waals surface area (Å²) in [6, 6.07) is 17.4. The fourth-order valence-corrected chi connectivity index (χ4v) is 3.95. The van der Waals surface area contributed by atoms with Gasteiger partial charge < -0.3 is 9.15 Å². The molecule has 5 nitrogen and oxygen atoms in total. The van der Waals surface area contributed by atoms with E-state index < -0.39 is 0 Å². The number of rotatable bonds is 6. The highest BCUT2D eigenvalue weighted by Crippen LogP contribution is 2.31. The number of hydrogen-bond acceptors (Lipinski definition) is 6. The normalized spacial score (nSPS) is 15.3. The molecule has 2 heterocycles. The first-order chi connectivity index (χ1) is 14.1. The number of thiocarbonyl (C=S) groups is 1. The van der Waals surface area contributed by atoms with Gasteiger partial charge in [0, 0.05) is 19.0 Å². The standard InChI is InChI=1S/C22H18N2O3S2/c1-24-21(25)19(29-22(24)28)13-15-7-9-18(10-8-15)26-12-11-17-14-27-20(23-17)16-5-3-2-4-6-16/h2-10,13-14H,11-12H2,1H3/b19-13-. The lowest BCUT2D eigenvalue weighted by molar-refractivity contribution is -0.121. The first-order valence-electron chi connectivity index (χ1n) is 9.04. The van der Waals surface area contributed by atoms with E-state index in [0.29, 0.717) is 28.1 Å². The second-order valence-corrected chi connectivity index (χ2v) is 8.09. The maximum atomic E-state index is 12.1. The van der Waals surface area contributed by atoms with Crippen LogP contribution in [0.2, 0.25) is 0 Å². The molecule has 4 rings (SSSR count). The lowest BCUT2D eigenvalue weighted by Gasteiger charge is -2.05. The Morgan fingerprint density at radius 3 is 2.62 bits per heavy atom. The number of amides is 1. The van der Waals surface area contributed by atoms with Gasteiger partial charge in [-0.15, -0.1) is 0 Å². The number of ether oxygens (including phenoxy) is 1. The minimum atomic E-state index is -0.0668. The summed E-state index contributed by atoms with van der Waals surface area (Å²) in [6.07, 6.45) is 4.16. The monoisotopic (exact) mass is 422 g/mol. The van der Waals surface area contributed by atoms with Crippen LogP contribution in [0.5, 0.6) is 5.75 Å². The van der Waals surface area contributed by atoms with E-state index in [-0.39, 0.29) is 5.91 Å². The molecule has 1 saturated heterocycles. The van der Waals surface area contributed by atoms with E-state index in [1.165, 1.54) is 16.7 Å². The van der Waals surface area contributed by atoms with Crippen molar-refractivity contribution in [3.05, 3.63) is 77.0 Å². The summed E-state index contributed by atoms with van der Waals surface area (Å²) in [4.78, 5) is 18.7. The molecular weight excluding hydrogens is 404 g/mol. The summed E-state index contributed by atoms with van der Waals surface area (Å²) >= 11 is 6.46. The van der Waals surface area contributed by atoms with Crippen molar-refractivity contribution in [2.75, 3.05) is 13.7 Å². The van der Waals surface area contributed by atoms with E-state index in [4.69, 9.17) is 21.4 Å². The number of likely N-dealkylation sites (N-methyl/N-ethyl adjacent to an activating group) is 1. The molecule has 0 spiro atoms. The molecule has 146 valence electrons. The van der Waals surface area contributed by atoms with Crippen molar-refractivity contribution in [3.8, 4) is 17.2 Å². The molecule has 0 unspecified atom stereocenters. The quantitative estimate of drug-likeness (QED) is 0.420. The lowest BCUT2D eigenvalue weighted by atomic mass is 10.2. The van der Waals surface area contributed by atoms with Crippen LogP contribution >= 0.6 is 24.0 Å². The van der Waals surface area contributed by atoms with Crippen molar-refractivity contribution in [3.63, 3.8) is 0 Å². The molecule has 29 heavy (non-hydrogen) atoms. The van der Waals surface area contributed by atoms with E-state index in [0.717, 1.165) is 22.6 Å². The van der Waals surface area contributed by atoms with Crippen LogP contribution in [-0.4, -0.2) is 33.8 Å². The largest absolute Gasteiger partial charge is 0.493 e. The molecule has 1 aliphatic rings. The molecule has 1 aliphatic heterocycles. The van der Waals surface area contributed by atoms with Crippen LogP contribution in [-0.2, 0) is 11.2 Å². The van der Waals surface area contributed by atoms with Gasteiger partial charge in [0.15, 0.2) is 0 Å². The number of benzene rings is 2. The maximum absolute atomic E-state index is 12.1. The van der Waals surface area contributed by atoms with Crippen LogP contribution in [0.1, 0.15) is 11.3 Å². The average Bonchev–Trinajstić information content (AvgIpc) is 3.31. The predicted octanol–water partition coefficient (Wildman–Crippen LogP) is 4.79. The molecule has 1 aromatic heterocycles. The van der Waals surface area contributed by atoms with Gasteiger partial charge >= 0.3 is 0 Å². The fraction of sp³-hybridized carbons (Fsp3) is 0.136. The first kappa shape index (κ1) is 19.4. The lowest BCUT2D eigenvalue weighted by Crippen LogP contribution is -2.22. The zero-order chi connectivity index (χ0) is 20.2. The summed E-state index contributed by atoms with van der Waals surface area (Å²) in [5.74, 6) is 1.31. The van der Waals surface area contributed by atoms with Gasteiger partial charge in [-0.25, -0.2) is 4.98 Å².